The summed E-state index contributed by atoms with van der Waals surface area (Å²) < 4.78 is 23.6. The fraction of sp³-hybridized carbons (Fsp3) is 0.952. The van der Waals surface area contributed by atoms with Crippen molar-refractivity contribution in [3.63, 3.8) is 0 Å². The van der Waals surface area contributed by atoms with Crippen LogP contribution in [0, 0.1) is 45.3 Å². The molecule has 14 heteroatoms. The van der Waals surface area contributed by atoms with Gasteiger partial charge in [0.2, 0.25) is 0 Å². The van der Waals surface area contributed by atoms with Crippen molar-refractivity contribution in [2.24, 2.45) is 45.3 Å². The molecule has 3 unspecified atom stereocenters. The van der Waals surface area contributed by atoms with Crippen molar-refractivity contribution < 1.29 is 70.0 Å². The molecule has 20 atom stereocenters. The predicted molar refractivity (Wildman–Crippen MR) is 202 cm³/mol. The molecule has 0 aromatic carbocycles. The van der Waals surface area contributed by atoms with Gasteiger partial charge in [-0.1, -0.05) is 53.2 Å². The molecule has 5 fully saturated rings. The van der Waals surface area contributed by atoms with Crippen LogP contribution in [0.5, 0.6) is 0 Å². The normalized spacial score (nSPS) is 50.3. The Morgan fingerprint density at radius 2 is 1.41 bits per heavy atom. The van der Waals surface area contributed by atoms with Gasteiger partial charge >= 0.3 is 0 Å². The van der Waals surface area contributed by atoms with E-state index >= 15 is 0 Å². The summed E-state index contributed by atoms with van der Waals surface area (Å²) in [5.74, 6) is 1.05. The second-order valence-corrected chi connectivity index (χ2v) is 20.3. The van der Waals surface area contributed by atoms with E-state index in [1.54, 1.807) is 13.8 Å². The van der Waals surface area contributed by atoms with Gasteiger partial charge < -0.3 is 70.0 Å². The first-order valence-corrected chi connectivity index (χ1v) is 21.0. The second kappa shape index (κ2) is 15.9. The molecule has 0 bridgehead atoms. The number of fused-ring (bicyclic) bond motifs is 5. The minimum Gasteiger partial charge on any atom is -0.394 e. The topological polar surface area (TPSA) is 239 Å². The zero-order chi connectivity index (χ0) is 41.5. The zero-order valence-corrected chi connectivity index (χ0v) is 34.6. The number of aliphatic hydroxyl groups excluding tert-OH is 9. The van der Waals surface area contributed by atoms with Gasteiger partial charge in [-0.25, -0.2) is 0 Å². The Morgan fingerprint density at radius 3 is 2.04 bits per heavy atom. The molecule has 6 rings (SSSR count). The molecular weight excluding hydrogens is 728 g/mol. The number of hydrogen-bond acceptors (Lipinski definition) is 14. The van der Waals surface area contributed by atoms with Crippen LogP contribution < -0.4 is 0 Å². The van der Waals surface area contributed by atoms with Crippen LogP contribution in [0.1, 0.15) is 107 Å². The lowest BCUT2D eigenvalue weighted by atomic mass is 9.38. The quantitative estimate of drug-likeness (QED) is 0.132. The maximum Gasteiger partial charge on any atom is 0.187 e. The van der Waals surface area contributed by atoms with Crippen LogP contribution in [0.3, 0.4) is 0 Å². The van der Waals surface area contributed by atoms with Gasteiger partial charge in [0.1, 0.15) is 48.8 Å². The summed E-state index contributed by atoms with van der Waals surface area (Å²) in [6.07, 6.45) is -8.06. The fourth-order valence-electron chi connectivity index (χ4n) is 12.6. The molecule has 6 aliphatic rings. The number of allylic oxidation sites excluding steroid dienone is 1. The Morgan fingerprint density at radius 1 is 0.804 bits per heavy atom. The van der Waals surface area contributed by atoms with E-state index in [1.165, 1.54) is 5.57 Å². The summed E-state index contributed by atoms with van der Waals surface area (Å²) in [5.41, 5.74) is -0.985. The second-order valence-electron chi connectivity index (χ2n) is 20.3. The third-order valence-electron chi connectivity index (χ3n) is 16.6. The van der Waals surface area contributed by atoms with E-state index in [0.29, 0.717) is 31.1 Å². The minimum absolute atomic E-state index is 0.0159. The van der Waals surface area contributed by atoms with E-state index in [2.05, 4.69) is 47.6 Å². The first-order chi connectivity index (χ1) is 25.9. The highest BCUT2D eigenvalue weighted by Crippen LogP contribution is 2.75. The Hall–Kier alpha value is -0.820. The maximum absolute atomic E-state index is 12.4. The summed E-state index contributed by atoms with van der Waals surface area (Å²) in [7, 11) is 0. The van der Waals surface area contributed by atoms with Gasteiger partial charge in [0, 0.05) is 10.8 Å². The van der Waals surface area contributed by atoms with E-state index in [9.17, 15) is 51.1 Å². The van der Waals surface area contributed by atoms with Crippen molar-refractivity contribution in [1.29, 1.82) is 0 Å². The Bertz CT molecular complexity index is 1400. The third kappa shape index (κ3) is 7.26. The van der Waals surface area contributed by atoms with Gasteiger partial charge in [0.25, 0.3) is 0 Å². The molecule has 0 aromatic rings. The molecule has 0 radical (unpaired) electrons. The lowest BCUT2D eigenvalue weighted by Gasteiger charge is -2.67. The van der Waals surface area contributed by atoms with E-state index < -0.39 is 104 Å². The molecule has 10 N–H and O–H groups in total. The molecule has 4 aliphatic carbocycles. The number of ether oxygens (including phenoxy) is 4. The standard InChI is InChI=1S/C42H72O14/c1-20(9-13-27(44)39(4,5)52)21-15-16-40(6)26-12-10-22-23(42(26,8)28(45)17-41(21,40)7)11-14-29(38(22,2)3)56-37-35(51)33(49)31(47)25(55-37)19-53-36-34(50)32(48)30(46)24(18-43)54-36/h10,20-21,23-37,43-52H,9,11-19H2,1-8H3/t20-,21?,23?,24-,25-,26?,27-,28-,29+,30-,31-,32+,33+,34-,35-,36-,37+,40+,41-,42+/m1/s1. The van der Waals surface area contributed by atoms with Crippen molar-refractivity contribution in [3.8, 4) is 0 Å². The molecule has 0 spiro atoms. The van der Waals surface area contributed by atoms with Crippen LogP contribution in [0.25, 0.3) is 0 Å². The molecule has 2 heterocycles. The number of aliphatic hydroxyl groups is 10. The van der Waals surface area contributed by atoms with Crippen molar-refractivity contribution in [2.75, 3.05) is 13.2 Å². The smallest absolute Gasteiger partial charge is 0.187 e. The van der Waals surface area contributed by atoms with Gasteiger partial charge in [-0.2, -0.15) is 0 Å². The van der Waals surface area contributed by atoms with Crippen molar-refractivity contribution in [3.05, 3.63) is 11.6 Å². The highest BCUT2D eigenvalue weighted by molar-refractivity contribution is 5.32. The summed E-state index contributed by atoms with van der Waals surface area (Å²) in [5, 5.41) is 106. The first kappa shape index (κ1) is 44.7. The van der Waals surface area contributed by atoms with Crippen molar-refractivity contribution in [1.82, 2.24) is 0 Å². The Kier molecular flexibility index (Phi) is 12.7. The van der Waals surface area contributed by atoms with Crippen LogP contribution >= 0.6 is 0 Å². The molecule has 324 valence electrons. The van der Waals surface area contributed by atoms with Gasteiger partial charge in [0.05, 0.1) is 37.1 Å². The highest BCUT2D eigenvalue weighted by Gasteiger charge is 2.70. The van der Waals surface area contributed by atoms with Crippen LogP contribution in [0.4, 0.5) is 0 Å². The molecular formula is C42H72O14. The van der Waals surface area contributed by atoms with E-state index in [1.807, 2.05) is 0 Å². The Labute approximate surface area is 331 Å². The van der Waals surface area contributed by atoms with Crippen molar-refractivity contribution in [2.45, 2.75) is 192 Å². The third-order valence-corrected chi connectivity index (χ3v) is 16.6. The van der Waals surface area contributed by atoms with Gasteiger partial charge in [-0.3, -0.25) is 0 Å². The maximum atomic E-state index is 12.4. The molecule has 2 aliphatic heterocycles. The first-order valence-electron chi connectivity index (χ1n) is 21.0. The lowest BCUT2D eigenvalue weighted by molar-refractivity contribution is -0.340. The molecule has 2 saturated heterocycles. The SMILES string of the molecule is C[C@H](CC[C@@H](O)C(C)(C)O)C1CC[C@@]2(C)C3CC=C4C(CC[C@H](O[C@@H]5O[C@H](CO[C@@H]6O[C@H](CO)[C@@H](O)[C@H](O)[C@H]6O)[C@@H](O)[C@H](O)[C@H]5O)C4(C)C)[C@]3(C)[C@H](O)C[C@]12C. The Balaban J connectivity index is 1.16. The van der Waals surface area contributed by atoms with Crippen LogP contribution in [-0.4, -0.2) is 150 Å². The van der Waals surface area contributed by atoms with Gasteiger partial charge in [-0.15, -0.1) is 0 Å². The van der Waals surface area contributed by atoms with Gasteiger partial charge in [0.15, 0.2) is 12.6 Å². The molecule has 56 heavy (non-hydrogen) atoms. The van der Waals surface area contributed by atoms with Crippen LogP contribution in [-0.2, 0) is 18.9 Å². The average molecular weight is 801 g/mol. The van der Waals surface area contributed by atoms with E-state index in [-0.39, 0.29) is 28.1 Å². The highest BCUT2D eigenvalue weighted by atomic mass is 16.7. The summed E-state index contributed by atoms with van der Waals surface area (Å²) in [4.78, 5) is 0. The lowest BCUT2D eigenvalue weighted by Crippen LogP contribution is -2.65. The molecule has 14 nitrogen and oxygen atoms in total. The minimum atomic E-state index is -1.67. The predicted octanol–water partition coefficient (Wildman–Crippen LogP) is 1.12. The molecule has 0 amide bonds. The summed E-state index contributed by atoms with van der Waals surface area (Å²) >= 11 is 0. The number of rotatable bonds is 11. The monoisotopic (exact) mass is 800 g/mol. The van der Waals surface area contributed by atoms with Crippen LogP contribution in [0.2, 0.25) is 0 Å². The fourth-order valence-corrected chi connectivity index (χ4v) is 12.6. The molecule has 3 saturated carbocycles. The summed E-state index contributed by atoms with van der Waals surface area (Å²) in [6.45, 7) is 15.8. The largest absolute Gasteiger partial charge is 0.394 e. The number of hydrogen-bond donors (Lipinski definition) is 10. The van der Waals surface area contributed by atoms with E-state index in [4.69, 9.17) is 18.9 Å². The van der Waals surface area contributed by atoms with Crippen LogP contribution in [0.15, 0.2) is 11.6 Å². The summed E-state index contributed by atoms with van der Waals surface area (Å²) in [6, 6.07) is 0. The van der Waals surface area contributed by atoms with Crippen molar-refractivity contribution >= 4 is 0 Å². The average Bonchev–Trinajstić information content (AvgIpc) is 3.40. The molecule has 0 aromatic heterocycles. The van der Waals surface area contributed by atoms with Gasteiger partial charge in [-0.05, 0) is 99.7 Å². The zero-order valence-electron chi connectivity index (χ0n) is 34.6. The van der Waals surface area contributed by atoms with E-state index in [0.717, 1.165) is 32.1 Å².